The second-order valence-corrected chi connectivity index (χ2v) is 15.7. The summed E-state index contributed by atoms with van der Waals surface area (Å²) in [7, 11) is -4.12. The van der Waals surface area contributed by atoms with Crippen LogP contribution in [0.15, 0.2) is 36.4 Å². The lowest BCUT2D eigenvalue weighted by Gasteiger charge is -2.38. The van der Waals surface area contributed by atoms with Crippen molar-refractivity contribution in [2.45, 2.75) is 101 Å². The highest BCUT2D eigenvalue weighted by atomic mass is 32.2. The van der Waals surface area contributed by atoms with Crippen molar-refractivity contribution >= 4 is 15.9 Å². The zero-order valence-electron chi connectivity index (χ0n) is 26.5. The third-order valence-electron chi connectivity index (χ3n) is 8.74. The van der Waals surface area contributed by atoms with E-state index < -0.39 is 38.7 Å². The number of piperidine rings is 1. The third-order valence-corrected chi connectivity index (χ3v) is 11.3. The van der Waals surface area contributed by atoms with Crippen LogP contribution in [0.1, 0.15) is 77.3 Å². The van der Waals surface area contributed by atoms with Crippen molar-refractivity contribution in [2.75, 3.05) is 26.3 Å². The normalized spacial score (nSPS) is 26.0. The fourth-order valence-electron chi connectivity index (χ4n) is 6.65. The Morgan fingerprint density at radius 1 is 1.09 bits per heavy atom. The van der Waals surface area contributed by atoms with Crippen molar-refractivity contribution in [1.82, 2.24) is 14.8 Å². The first-order valence-electron chi connectivity index (χ1n) is 15.3. The molecular weight excluding hydrogens is 586 g/mol. The summed E-state index contributed by atoms with van der Waals surface area (Å²) in [5.74, 6) is -1.08. The number of rotatable bonds is 9. The summed E-state index contributed by atoms with van der Waals surface area (Å²) in [5.41, 5.74) is 5.40. The van der Waals surface area contributed by atoms with Gasteiger partial charge in [-0.25, -0.2) is 23.2 Å². The number of aromatic nitrogens is 1. The fraction of sp³-hybridized carbons (Fsp3) is 0.625. The highest BCUT2D eigenvalue weighted by molar-refractivity contribution is 7.91. The van der Waals surface area contributed by atoms with Crippen molar-refractivity contribution in [1.29, 1.82) is 0 Å². The number of hydrogen-bond donors (Lipinski definition) is 2. The molecule has 242 valence electrons. The Bertz CT molecular complexity index is 1450. The first-order chi connectivity index (χ1) is 20.6. The minimum atomic E-state index is -4.12. The number of hydrogen-bond acceptors (Lipinski definition) is 9. The average Bonchev–Trinajstić information content (AvgIpc) is 3.46. The lowest BCUT2D eigenvalue weighted by Crippen LogP contribution is -2.57. The molecule has 3 aliphatic rings. The molecule has 2 aliphatic heterocycles. The Morgan fingerprint density at radius 3 is 2.34 bits per heavy atom. The maximum absolute atomic E-state index is 14.0. The van der Waals surface area contributed by atoms with Gasteiger partial charge in [0.2, 0.25) is 15.9 Å². The van der Waals surface area contributed by atoms with E-state index in [-0.39, 0.29) is 37.5 Å². The molecule has 1 saturated carbocycles. The lowest BCUT2D eigenvalue weighted by molar-refractivity contribution is -0.157. The zero-order chi connectivity index (χ0) is 31.9. The van der Waals surface area contributed by atoms with Crippen molar-refractivity contribution in [3.63, 3.8) is 0 Å². The van der Waals surface area contributed by atoms with Crippen LogP contribution in [0.3, 0.4) is 0 Å². The molecule has 1 amide bonds. The molecule has 11 nitrogen and oxygen atoms in total. The molecule has 2 aromatic rings. The fourth-order valence-corrected chi connectivity index (χ4v) is 8.86. The molecule has 2 N–H and O–H groups in total. The van der Waals surface area contributed by atoms with Crippen LogP contribution >= 0.6 is 0 Å². The molecule has 3 fully saturated rings. The van der Waals surface area contributed by atoms with Crippen LogP contribution < -0.4 is 10.2 Å². The number of aryl methyl sites for hydroxylation is 1. The molecule has 44 heavy (non-hydrogen) atoms. The number of fused-ring (bicyclic) bond motifs is 1. The number of nitrogens with zero attached hydrogens (tertiary/aromatic N) is 2. The monoisotopic (exact) mass is 631 g/mol. The van der Waals surface area contributed by atoms with E-state index in [1.165, 1.54) is 4.31 Å². The predicted molar refractivity (Wildman–Crippen MR) is 164 cm³/mol. The quantitative estimate of drug-likeness (QED) is 0.236. The summed E-state index contributed by atoms with van der Waals surface area (Å²) < 4.78 is 50.8. The molecule has 0 spiro atoms. The van der Waals surface area contributed by atoms with Crippen LogP contribution in [0.25, 0.3) is 11.3 Å². The number of amides is 1. The Kier molecular flexibility index (Phi) is 9.16. The van der Waals surface area contributed by atoms with Gasteiger partial charge < -0.3 is 18.9 Å². The molecule has 2 atom stereocenters. The van der Waals surface area contributed by atoms with E-state index in [0.717, 1.165) is 22.4 Å². The minimum Gasteiger partial charge on any atom is -0.475 e. The predicted octanol–water partition coefficient (Wildman–Crippen LogP) is 4.32. The number of pyridine rings is 1. The molecule has 3 heterocycles. The molecule has 2 saturated heterocycles. The summed E-state index contributed by atoms with van der Waals surface area (Å²) in [4.78, 5) is 17.6. The van der Waals surface area contributed by atoms with E-state index in [0.29, 0.717) is 31.9 Å². The smallest absolute Gasteiger partial charge is 0.266 e. The molecule has 1 aromatic heterocycles. The van der Waals surface area contributed by atoms with Crippen LogP contribution in [0.2, 0.25) is 0 Å². The summed E-state index contributed by atoms with van der Waals surface area (Å²) in [5, 5.41) is 9.52. The van der Waals surface area contributed by atoms with E-state index in [9.17, 15) is 18.4 Å². The Hall–Kier alpha value is -2.61. The topological polar surface area (TPSA) is 137 Å². The second-order valence-electron chi connectivity index (χ2n) is 13.5. The highest BCUT2D eigenvalue weighted by Crippen LogP contribution is 2.48. The Morgan fingerprint density at radius 2 is 1.75 bits per heavy atom. The lowest BCUT2D eigenvalue weighted by atomic mass is 9.88. The van der Waals surface area contributed by atoms with Crippen LogP contribution in [0, 0.1) is 6.92 Å². The second kappa shape index (κ2) is 12.3. The van der Waals surface area contributed by atoms with E-state index >= 15 is 0 Å². The molecule has 5 rings (SSSR count). The Labute approximate surface area is 260 Å². The average molecular weight is 632 g/mol. The van der Waals surface area contributed by atoms with Gasteiger partial charge in [0.15, 0.2) is 10.5 Å². The number of ether oxygens (including phenoxy) is 4. The van der Waals surface area contributed by atoms with Crippen molar-refractivity contribution in [3.8, 4) is 17.1 Å². The number of nitrogens with one attached hydrogen (secondary N) is 1. The van der Waals surface area contributed by atoms with Crippen molar-refractivity contribution in [3.05, 3.63) is 47.5 Å². The van der Waals surface area contributed by atoms with E-state index in [2.05, 4.69) is 18.2 Å². The van der Waals surface area contributed by atoms with Gasteiger partial charge in [0.25, 0.3) is 5.91 Å². The molecule has 0 radical (unpaired) electrons. The van der Waals surface area contributed by atoms with E-state index in [1.807, 2.05) is 45.9 Å². The Balaban J connectivity index is 1.24. The van der Waals surface area contributed by atoms with Crippen molar-refractivity contribution < 1.29 is 37.4 Å². The summed E-state index contributed by atoms with van der Waals surface area (Å²) >= 11 is 0. The minimum absolute atomic E-state index is 0.0681. The SMILES string of the molecule is Cc1cc(C2CCN(S(=O)(=O)C3(C(=O)NO)CC4OC(C)(C)OC4C3)CC2)ccc1-c1cccc(OCCOC(C)(C)C)n1. The van der Waals surface area contributed by atoms with Gasteiger partial charge in [-0.05, 0) is 77.5 Å². The van der Waals surface area contributed by atoms with Gasteiger partial charge >= 0.3 is 0 Å². The standard InChI is InChI=1S/C32H45N3O8S/c1-21-18-23(10-11-24(21)25-8-7-9-28(33-25)40-16-17-41-30(2,3)4)22-12-14-35(15-13-22)44(38,39)32(29(36)34-37)19-26-27(20-32)43-31(5,6)42-26/h7-11,18,22,26-27,37H,12-17,19-20H2,1-6H3,(H,34,36). The third kappa shape index (κ3) is 6.66. The number of carbonyl (C=O) groups is 1. The number of benzene rings is 1. The maximum atomic E-state index is 14.0. The molecule has 12 heteroatoms. The van der Waals surface area contributed by atoms with Gasteiger partial charge in [0, 0.05) is 37.6 Å². The first kappa shape index (κ1) is 32.8. The molecule has 1 aromatic carbocycles. The maximum Gasteiger partial charge on any atom is 0.266 e. The molecule has 0 bridgehead atoms. The van der Waals surface area contributed by atoms with E-state index in [1.54, 1.807) is 19.3 Å². The summed E-state index contributed by atoms with van der Waals surface area (Å²) in [6.45, 7) is 13.0. The zero-order valence-corrected chi connectivity index (χ0v) is 27.3. The van der Waals surface area contributed by atoms with Gasteiger partial charge in [-0.3, -0.25) is 10.0 Å². The van der Waals surface area contributed by atoms with Crippen LogP contribution in [-0.2, 0) is 29.0 Å². The highest BCUT2D eigenvalue weighted by Gasteiger charge is 2.64. The largest absolute Gasteiger partial charge is 0.475 e. The number of sulfonamides is 1. The van der Waals surface area contributed by atoms with Gasteiger partial charge in [-0.1, -0.05) is 24.3 Å². The molecular formula is C32H45N3O8S. The number of carbonyl (C=O) groups excluding carboxylic acids is 1. The molecule has 1 aliphatic carbocycles. The molecule has 2 unspecified atom stereocenters. The summed E-state index contributed by atoms with van der Waals surface area (Å²) in [6, 6.07) is 12.0. The van der Waals surface area contributed by atoms with Crippen molar-refractivity contribution in [2.24, 2.45) is 0 Å². The summed E-state index contributed by atoms with van der Waals surface area (Å²) in [6.07, 6.45) is 0.00324. The van der Waals surface area contributed by atoms with Gasteiger partial charge in [0.05, 0.1) is 30.1 Å². The van der Waals surface area contributed by atoms with Crippen LogP contribution in [0.4, 0.5) is 0 Å². The number of hydroxylamine groups is 1. The van der Waals surface area contributed by atoms with E-state index in [4.69, 9.17) is 23.9 Å². The van der Waals surface area contributed by atoms with Gasteiger partial charge in [-0.2, -0.15) is 0 Å². The van der Waals surface area contributed by atoms with Crippen LogP contribution in [0.5, 0.6) is 5.88 Å². The van der Waals surface area contributed by atoms with Gasteiger partial charge in [0.1, 0.15) is 6.61 Å². The van der Waals surface area contributed by atoms with Gasteiger partial charge in [-0.15, -0.1) is 0 Å². The first-order valence-corrected chi connectivity index (χ1v) is 16.7. The van der Waals surface area contributed by atoms with Crippen LogP contribution in [-0.4, -0.2) is 83.5 Å².